The molecule has 0 bridgehead atoms. The van der Waals surface area contributed by atoms with Crippen LogP contribution in [0.1, 0.15) is 33.1 Å². The molecule has 0 spiro atoms. The Morgan fingerprint density at radius 2 is 1.91 bits per heavy atom. The first-order valence-corrected chi connectivity index (χ1v) is 12.0. The molecule has 0 saturated heterocycles. The quantitative estimate of drug-likeness (QED) is 0.488. The summed E-state index contributed by atoms with van der Waals surface area (Å²) in [6.07, 6.45) is -1.52. The molecule has 7 nitrogen and oxygen atoms in total. The molecule has 1 atom stereocenters. The number of Topliss-reactive ketones (excluding diaryl/α,β-unsaturated/α-hetero) is 1. The smallest absolute Gasteiger partial charge is 0.293 e. The summed E-state index contributed by atoms with van der Waals surface area (Å²) >= 11 is 0. The fourth-order valence-corrected chi connectivity index (χ4v) is 5.07. The van der Waals surface area contributed by atoms with Crippen LogP contribution in [0, 0.1) is 0 Å². The minimum absolute atomic E-state index is 0.0672. The van der Waals surface area contributed by atoms with E-state index in [-0.39, 0.29) is 17.0 Å². The number of ketones is 1. The van der Waals surface area contributed by atoms with E-state index in [1.165, 1.54) is 28.0 Å². The van der Waals surface area contributed by atoms with E-state index in [1.807, 2.05) is 30.3 Å². The van der Waals surface area contributed by atoms with Crippen molar-refractivity contribution in [3.63, 3.8) is 0 Å². The van der Waals surface area contributed by atoms with E-state index in [1.54, 1.807) is 19.2 Å². The van der Waals surface area contributed by atoms with Gasteiger partial charge in [-0.3, -0.25) is 14.4 Å². The normalized spacial score (nSPS) is 16.5. The van der Waals surface area contributed by atoms with Crippen molar-refractivity contribution >= 4 is 15.8 Å². The van der Waals surface area contributed by atoms with Crippen LogP contribution >= 0.6 is 0 Å². The van der Waals surface area contributed by atoms with Gasteiger partial charge in [0.25, 0.3) is 0 Å². The number of carbonyl (C=O) groups is 1. The molecule has 0 amide bonds. The van der Waals surface area contributed by atoms with Gasteiger partial charge < -0.3 is 0 Å². The molecule has 4 rings (SSSR count). The lowest BCUT2D eigenvalue weighted by Gasteiger charge is -2.26. The Morgan fingerprint density at radius 1 is 1.18 bits per heavy atom. The Bertz CT molecular complexity index is 1290. The lowest BCUT2D eigenvalue weighted by atomic mass is 9.95. The maximum absolute atomic E-state index is 13.2. The number of rotatable bonds is 8. The molecule has 34 heavy (non-hydrogen) atoms. The van der Waals surface area contributed by atoms with Gasteiger partial charge in [-0.15, -0.1) is 0 Å². The first-order valence-electron chi connectivity index (χ1n) is 10.5. The molecule has 0 fully saturated rings. The van der Waals surface area contributed by atoms with Gasteiger partial charge in [-0.2, -0.15) is 18.3 Å². The Labute approximate surface area is 195 Å². The standard InChI is InChI=1S/C23H23F3N4O3S/c1-29-14-19(11-27-29)34(32,33)28-12-22(31)17-7-8-18-13-30(15-23(24,25)26)21(20(18)10-17)9-16-5-3-2-4-6-16/h2-8,10-11,14,21,28H,9,12-13,15H2,1H3. The van der Waals surface area contributed by atoms with Crippen LogP contribution < -0.4 is 4.72 Å². The van der Waals surface area contributed by atoms with E-state index in [0.717, 1.165) is 11.1 Å². The highest BCUT2D eigenvalue weighted by molar-refractivity contribution is 7.89. The summed E-state index contributed by atoms with van der Waals surface area (Å²) in [6, 6.07) is 13.4. The molecule has 1 aromatic heterocycles. The van der Waals surface area contributed by atoms with Crippen molar-refractivity contribution < 1.29 is 26.4 Å². The van der Waals surface area contributed by atoms with E-state index < -0.39 is 41.1 Å². The SMILES string of the molecule is Cn1cc(S(=O)(=O)NCC(=O)c2ccc3c(c2)C(Cc2ccccc2)N(CC(F)(F)F)C3)cn1. The first kappa shape index (κ1) is 24.1. The van der Waals surface area contributed by atoms with Crippen LogP contribution in [0.2, 0.25) is 0 Å². The number of aromatic nitrogens is 2. The molecule has 1 unspecified atom stereocenters. The zero-order valence-electron chi connectivity index (χ0n) is 18.3. The number of alkyl halides is 3. The Hall–Kier alpha value is -3.02. The lowest BCUT2D eigenvalue weighted by Crippen LogP contribution is -2.34. The second-order valence-electron chi connectivity index (χ2n) is 8.24. The van der Waals surface area contributed by atoms with Crippen molar-refractivity contribution in [1.82, 2.24) is 19.4 Å². The topological polar surface area (TPSA) is 84.3 Å². The Morgan fingerprint density at radius 3 is 2.56 bits per heavy atom. The van der Waals surface area contributed by atoms with E-state index in [2.05, 4.69) is 9.82 Å². The molecule has 0 saturated carbocycles. The number of nitrogens with one attached hydrogen (secondary N) is 1. The van der Waals surface area contributed by atoms with Gasteiger partial charge in [0, 0.05) is 31.4 Å². The molecular formula is C23H23F3N4O3S. The van der Waals surface area contributed by atoms with Gasteiger partial charge in [-0.25, -0.2) is 13.1 Å². The van der Waals surface area contributed by atoms with Crippen LogP contribution in [-0.4, -0.2) is 48.1 Å². The molecule has 180 valence electrons. The third-order valence-corrected chi connectivity index (χ3v) is 7.07. The van der Waals surface area contributed by atoms with Crippen molar-refractivity contribution in [2.24, 2.45) is 7.05 Å². The number of fused-ring (bicyclic) bond motifs is 1. The highest BCUT2D eigenvalue weighted by atomic mass is 32.2. The summed E-state index contributed by atoms with van der Waals surface area (Å²) in [5, 5.41) is 3.81. The first-order chi connectivity index (χ1) is 16.0. The highest BCUT2D eigenvalue weighted by Crippen LogP contribution is 2.38. The van der Waals surface area contributed by atoms with Gasteiger partial charge in [-0.1, -0.05) is 42.5 Å². The molecular weight excluding hydrogens is 469 g/mol. The molecule has 0 radical (unpaired) electrons. The summed E-state index contributed by atoms with van der Waals surface area (Å²) in [5.41, 5.74) is 2.49. The number of halogens is 3. The highest BCUT2D eigenvalue weighted by Gasteiger charge is 2.38. The number of aryl methyl sites for hydroxylation is 1. The van der Waals surface area contributed by atoms with Crippen LogP contribution in [0.5, 0.6) is 0 Å². The molecule has 2 aromatic carbocycles. The molecule has 3 aromatic rings. The average Bonchev–Trinajstić information content (AvgIpc) is 3.35. The van der Waals surface area contributed by atoms with E-state index in [4.69, 9.17) is 0 Å². The number of carbonyl (C=O) groups excluding carboxylic acids is 1. The fraction of sp³-hybridized carbons (Fsp3) is 0.304. The van der Waals surface area contributed by atoms with Gasteiger partial charge in [0.15, 0.2) is 5.78 Å². The van der Waals surface area contributed by atoms with Crippen LogP contribution in [0.3, 0.4) is 0 Å². The zero-order chi connectivity index (χ0) is 24.5. The fourth-order valence-electron chi connectivity index (χ4n) is 4.10. The zero-order valence-corrected chi connectivity index (χ0v) is 19.1. The van der Waals surface area contributed by atoms with Gasteiger partial charge in [0.05, 0.1) is 19.3 Å². The van der Waals surface area contributed by atoms with Crippen molar-refractivity contribution in [2.75, 3.05) is 13.1 Å². The van der Waals surface area contributed by atoms with Crippen molar-refractivity contribution in [3.8, 4) is 0 Å². The number of benzene rings is 2. The van der Waals surface area contributed by atoms with Gasteiger partial charge in [-0.05, 0) is 29.2 Å². The summed E-state index contributed by atoms with van der Waals surface area (Å²) in [6.45, 7) is -1.42. The predicted octanol–water partition coefficient (Wildman–Crippen LogP) is 3.24. The second-order valence-corrected chi connectivity index (χ2v) is 10.0. The van der Waals surface area contributed by atoms with Gasteiger partial charge in [0.1, 0.15) is 4.90 Å². The van der Waals surface area contributed by atoms with Crippen LogP contribution in [-0.2, 0) is 30.0 Å². The van der Waals surface area contributed by atoms with Crippen LogP contribution in [0.4, 0.5) is 13.2 Å². The number of nitrogens with zero attached hydrogens (tertiary/aromatic N) is 3. The van der Waals surface area contributed by atoms with E-state index in [0.29, 0.717) is 12.0 Å². The summed E-state index contributed by atoms with van der Waals surface area (Å²) in [4.78, 5) is 14.1. The summed E-state index contributed by atoms with van der Waals surface area (Å²) in [7, 11) is -2.35. The molecule has 1 aliphatic rings. The van der Waals surface area contributed by atoms with Gasteiger partial charge >= 0.3 is 6.18 Å². The predicted molar refractivity (Wildman–Crippen MR) is 119 cm³/mol. The molecule has 11 heteroatoms. The summed E-state index contributed by atoms with van der Waals surface area (Å²) in [5.74, 6) is -0.483. The van der Waals surface area contributed by atoms with Gasteiger partial charge in [0.2, 0.25) is 10.0 Å². The third kappa shape index (κ3) is 5.54. The number of hydrogen-bond acceptors (Lipinski definition) is 5. The maximum Gasteiger partial charge on any atom is 0.401 e. The lowest BCUT2D eigenvalue weighted by molar-refractivity contribution is -0.150. The van der Waals surface area contributed by atoms with E-state index >= 15 is 0 Å². The minimum atomic E-state index is -4.36. The van der Waals surface area contributed by atoms with Crippen LogP contribution in [0.25, 0.3) is 0 Å². The molecule has 0 aliphatic carbocycles. The Kier molecular flexibility index (Phi) is 6.61. The molecule has 1 aliphatic heterocycles. The maximum atomic E-state index is 13.2. The third-order valence-electron chi connectivity index (χ3n) is 5.71. The van der Waals surface area contributed by atoms with Crippen molar-refractivity contribution in [3.05, 3.63) is 83.2 Å². The Balaban J connectivity index is 1.55. The second kappa shape index (κ2) is 9.32. The average molecular weight is 493 g/mol. The van der Waals surface area contributed by atoms with Crippen molar-refractivity contribution in [2.45, 2.75) is 30.1 Å². The monoisotopic (exact) mass is 492 g/mol. The molecule has 1 N–H and O–H groups in total. The molecule has 2 heterocycles. The minimum Gasteiger partial charge on any atom is -0.293 e. The largest absolute Gasteiger partial charge is 0.401 e. The number of sulfonamides is 1. The van der Waals surface area contributed by atoms with Crippen LogP contribution in [0.15, 0.2) is 65.8 Å². The van der Waals surface area contributed by atoms with Crippen molar-refractivity contribution in [1.29, 1.82) is 0 Å². The van der Waals surface area contributed by atoms with E-state index in [9.17, 15) is 26.4 Å². The summed E-state index contributed by atoms with van der Waals surface area (Å²) < 4.78 is 68.0. The number of hydrogen-bond donors (Lipinski definition) is 1.